The van der Waals surface area contributed by atoms with E-state index in [1.807, 2.05) is 17.1 Å². The third-order valence-corrected chi connectivity index (χ3v) is 3.41. The highest BCUT2D eigenvalue weighted by molar-refractivity contribution is 14.1. The fraction of sp³-hybridized carbons (Fsp3) is 0.700. The number of aliphatic hydroxyl groups is 1. The predicted molar refractivity (Wildman–Crippen MR) is 63.1 cm³/mol. The highest BCUT2D eigenvalue weighted by Gasteiger charge is 2.23. The van der Waals surface area contributed by atoms with Gasteiger partial charge in [0.25, 0.3) is 0 Å². The van der Waals surface area contributed by atoms with Gasteiger partial charge in [0.1, 0.15) is 0 Å². The Balaban J connectivity index is 2.14. The molecular weight excluding hydrogens is 291 g/mol. The van der Waals surface area contributed by atoms with Crippen molar-refractivity contribution in [3.05, 3.63) is 16.0 Å². The van der Waals surface area contributed by atoms with Crippen molar-refractivity contribution < 1.29 is 5.11 Å². The van der Waals surface area contributed by atoms with Gasteiger partial charge < -0.3 is 5.11 Å². The predicted octanol–water partition coefficient (Wildman–Crippen LogP) is 2.35. The molecule has 2 atom stereocenters. The number of rotatable bonds is 1. The minimum Gasteiger partial charge on any atom is -0.391 e. The maximum absolute atomic E-state index is 9.95. The zero-order chi connectivity index (χ0) is 9.97. The van der Waals surface area contributed by atoms with E-state index in [4.69, 9.17) is 0 Å². The molecule has 1 aliphatic rings. The van der Waals surface area contributed by atoms with Gasteiger partial charge in [-0.15, -0.1) is 0 Å². The van der Waals surface area contributed by atoms with Crippen molar-refractivity contribution in [3.63, 3.8) is 0 Å². The Hall–Kier alpha value is -0.100. The minimum absolute atomic E-state index is 0.195. The monoisotopic (exact) mass is 306 g/mol. The van der Waals surface area contributed by atoms with E-state index in [2.05, 4.69) is 27.7 Å². The van der Waals surface area contributed by atoms with E-state index < -0.39 is 0 Å². The first-order chi connectivity index (χ1) is 6.77. The van der Waals surface area contributed by atoms with E-state index in [1.54, 1.807) is 0 Å². The summed E-state index contributed by atoms with van der Waals surface area (Å²) in [5.74, 6) is 0. The van der Waals surface area contributed by atoms with Crippen LogP contribution in [0.2, 0.25) is 0 Å². The largest absolute Gasteiger partial charge is 0.391 e. The highest BCUT2D eigenvalue weighted by atomic mass is 127. The summed E-state index contributed by atoms with van der Waals surface area (Å²) < 4.78 is 3.07. The number of halogens is 1. The summed E-state index contributed by atoms with van der Waals surface area (Å²) >= 11 is 2.25. The smallest absolute Gasteiger partial charge is 0.0778 e. The molecule has 0 bridgehead atoms. The molecule has 14 heavy (non-hydrogen) atoms. The first-order valence-electron chi connectivity index (χ1n) is 5.15. The number of aliphatic hydroxyl groups excluding tert-OH is 1. The van der Waals surface area contributed by atoms with Crippen LogP contribution in [0.3, 0.4) is 0 Å². The van der Waals surface area contributed by atoms with Crippen molar-refractivity contribution >= 4 is 22.6 Å². The quantitative estimate of drug-likeness (QED) is 0.639. The summed E-state index contributed by atoms with van der Waals surface area (Å²) in [6, 6.07) is 0.195. The molecule has 1 saturated carbocycles. The standard InChI is InChI=1S/C10H15IN2O/c11-8-6-12-13(7-8)9-4-2-1-3-5-10(9)14/h6-7,9-10,14H,1-5H2. The highest BCUT2D eigenvalue weighted by Crippen LogP contribution is 2.27. The maximum atomic E-state index is 9.95. The van der Waals surface area contributed by atoms with Gasteiger partial charge in [0, 0.05) is 6.20 Å². The third-order valence-electron chi connectivity index (χ3n) is 2.85. The van der Waals surface area contributed by atoms with Crippen molar-refractivity contribution in [2.45, 2.75) is 44.2 Å². The van der Waals surface area contributed by atoms with Crippen LogP contribution in [-0.4, -0.2) is 21.0 Å². The lowest BCUT2D eigenvalue weighted by atomic mass is 10.1. The second-order valence-corrected chi connectivity index (χ2v) is 5.16. The second kappa shape index (κ2) is 4.61. The Kier molecular flexibility index (Phi) is 3.43. The topological polar surface area (TPSA) is 38.0 Å². The summed E-state index contributed by atoms with van der Waals surface area (Å²) in [4.78, 5) is 0. The average molecular weight is 306 g/mol. The van der Waals surface area contributed by atoms with Crippen molar-refractivity contribution in [2.24, 2.45) is 0 Å². The zero-order valence-electron chi connectivity index (χ0n) is 8.06. The summed E-state index contributed by atoms with van der Waals surface area (Å²) in [5, 5.41) is 14.2. The van der Waals surface area contributed by atoms with Crippen molar-refractivity contribution in [3.8, 4) is 0 Å². The van der Waals surface area contributed by atoms with E-state index in [0.717, 1.165) is 22.8 Å². The number of aromatic nitrogens is 2. The normalized spacial score (nSPS) is 28.7. The zero-order valence-corrected chi connectivity index (χ0v) is 10.2. The molecule has 2 unspecified atom stereocenters. The van der Waals surface area contributed by atoms with Gasteiger partial charge >= 0.3 is 0 Å². The molecular formula is C10H15IN2O. The van der Waals surface area contributed by atoms with E-state index in [-0.39, 0.29) is 12.1 Å². The fourth-order valence-electron chi connectivity index (χ4n) is 2.07. The molecule has 78 valence electrons. The lowest BCUT2D eigenvalue weighted by molar-refractivity contribution is 0.0990. The molecule has 1 aromatic heterocycles. The molecule has 1 aromatic rings. The fourth-order valence-corrected chi connectivity index (χ4v) is 2.48. The summed E-state index contributed by atoms with van der Waals surface area (Å²) in [6.45, 7) is 0. The lowest BCUT2D eigenvalue weighted by Crippen LogP contribution is -2.23. The van der Waals surface area contributed by atoms with Crippen LogP contribution in [0.4, 0.5) is 0 Å². The maximum Gasteiger partial charge on any atom is 0.0778 e. The summed E-state index contributed by atoms with van der Waals surface area (Å²) in [7, 11) is 0. The van der Waals surface area contributed by atoms with Crippen LogP contribution in [0.25, 0.3) is 0 Å². The Morgan fingerprint density at radius 3 is 2.86 bits per heavy atom. The molecule has 0 aliphatic heterocycles. The number of hydrogen-bond acceptors (Lipinski definition) is 2. The third kappa shape index (κ3) is 2.28. The molecule has 0 amide bonds. The molecule has 0 aromatic carbocycles. The summed E-state index contributed by atoms with van der Waals surface area (Å²) in [6.07, 6.45) is 9.21. The minimum atomic E-state index is -0.215. The van der Waals surface area contributed by atoms with Crippen molar-refractivity contribution in [2.75, 3.05) is 0 Å². The molecule has 1 N–H and O–H groups in total. The van der Waals surface area contributed by atoms with Gasteiger partial charge in [-0.05, 0) is 35.4 Å². The molecule has 0 radical (unpaired) electrons. The molecule has 1 heterocycles. The van der Waals surface area contributed by atoms with Crippen LogP contribution < -0.4 is 0 Å². The lowest BCUT2D eigenvalue weighted by Gasteiger charge is -2.20. The SMILES string of the molecule is OC1CCCCCC1n1cc(I)cn1. The van der Waals surface area contributed by atoms with E-state index >= 15 is 0 Å². The Bertz CT molecular complexity index is 300. The van der Waals surface area contributed by atoms with E-state index in [0.29, 0.717) is 0 Å². The van der Waals surface area contributed by atoms with Gasteiger partial charge in [0.2, 0.25) is 0 Å². The first-order valence-corrected chi connectivity index (χ1v) is 6.23. The first kappa shape index (κ1) is 10.4. The Morgan fingerprint density at radius 2 is 2.14 bits per heavy atom. The van der Waals surface area contributed by atoms with Gasteiger partial charge in [0.05, 0.1) is 21.9 Å². The Morgan fingerprint density at radius 1 is 1.36 bits per heavy atom. The molecule has 0 saturated heterocycles. The summed E-state index contributed by atoms with van der Waals surface area (Å²) in [5.41, 5.74) is 0. The van der Waals surface area contributed by atoms with E-state index in [1.165, 1.54) is 12.8 Å². The number of nitrogens with zero attached hydrogens (tertiary/aromatic N) is 2. The van der Waals surface area contributed by atoms with Crippen LogP contribution in [0.15, 0.2) is 12.4 Å². The van der Waals surface area contributed by atoms with Gasteiger partial charge in [-0.1, -0.05) is 19.3 Å². The van der Waals surface area contributed by atoms with Gasteiger partial charge in [-0.3, -0.25) is 4.68 Å². The molecule has 4 heteroatoms. The molecule has 1 fully saturated rings. The molecule has 0 spiro atoms. The Labute approximate surface area is 97.6 Å². The van der Waals surface area contributed by atoms with Crippen LogP contribution in [0.5, 0.6) is 0 Å². The molecule has 1 aliphatic carbocycles. The van der Waals surface area contributed by atoms with Gasteiger partial charge in [0.15, 0.2) is 0 Å². The average Bonchev–Trinajstić information content (AvgIpc) is 2.46. The van der Waals surface area contributed by atoms with E-state index in [9.17, 15) is 5.11 Å². The van der Waals surface area contributed by atoms with Crippen LogP contribution in [0, 0.1) is 3.57 Å². The molecule has 3 nitrogen and oxygen atoms in total. The number of hydrogen-bond donors (Lipinski definition) is 1. The van der Waals surface area contributed by atoms with Crippen LogP contribution in [-0.2, 0) is 0 Å². The van der Waals surface area contributed by atoms with Gasteiger partial charge in [-0.2, -0.15) is 5.10 Å². The van der Waals surface area contributed by atoms with Crippen molar-refractivity contribution in [1.29, 1.82) is 0 Å². The van der Waals surface area contributed by atoms with Crippen molar-refractivity contribution in [1.82, 2.24) is 9.78 Å². The second-order valence-electron chi connectivity index (χ2n) is 3.91. The molecule has 2 rings (SSSR count). The van der Waals surface area contributed by atoms with Crippen LogP contribution in [0.1, 0.15) is 38.1 Å². The van der Waals surface area contributed by atoms with Gasteiger partial charge in [-0.25, -0.2) is 0 Å². The van der Waals surface area contributed by atoms with Crippen LogP contribution >= 0.6 is 22.6 Å².